The van der Waals surface area contributed by atoms with Crippen LogP contribution in [0.15, 0.2) is 54.7 Å². The molecule has 0 bridgehead atoms. The highest BCUT2D eigenvalue weighted by atomic mass is 15.1. The van der Waals surface area contributed by atoms with Crippen molar-refractivity contribution in [1.82, 2.24) is 4.98 Å². The van der Waals surface area contributed by atoms with Crippen molar-refractivity contribution in [2.75, 3.05) is 26.0 Å². The zero-order chi connectivity index (χ0) is 17.8. The highest BCUT2D eigenvalue weighted by Crippen LogP contribution is 2.40. The lowest BCUT2D eigenvalue weighted by Gasteiger charge is -2.18. The Hall–Kier alpha value is -2.68. The second kappa shape index (κ2) is 5.41. The molecule has 1 aliphatic heterocycles. The van der Waals surface area contributed by atoms with E-state index in [4.69, 9.17) is 4.98 Å². The molecule has 0 spiro atoms. The van der Waals surface area contributed by atoms with Gasteiger partial charge in [-0.2, -0.15) is 4.58 Å². The van der Waals surface area contributed by atoms with E-state index in [0.29, 0.717) is 0 Å². The molecule has 1 aromatic heterocycles. The van der Waals surface area contributed by atoms with E-state index in [1.807, 2.05) is 6.20 Å². The second-order valence-corrected chi connectivity index (χ2v) is 7.55. The van der Waals surface area contributed by atoms with Crippen LogP contribution in [0.3, 0.4) is 0 Å². The van der Waals surface area contributed by atoms with Gasteiger partial charge in [0.15, 0.2) is 0 Å². The lowest BCUT2D eigenvalue weighted by Crippen LogP contribution is -2.29. The standard InChI is InChI=1S/C22H24N3/c1-22(2)18-8-6-7-9-20(18)25(5)21(22)16-12-15-10-11-17(24(3)4)13-19(15)23-14-16/h6-14H,1-5H3/q+1. The summed E-state index contributed by atoms with van der Waals surface area (Å²) in [6, 6.07) is 17.4. The first-order chi connectivity index (χ1) is 11.9. The average molecular weight is 330 g/mol. The van der Waals surface area contributed by atoms with Crippen LogP contribution in [-0.2, 0) is 5.41 Å². The molecular weight excluding hydrogens is 306 g/mol. The molecule has 3 aromatic rings. The maximum Gasteiger partial charge on any atom is 0.209 e. The Morgan fingerprint density at radius 2 is 1.76 bits per heavy atom. The molecule has 0 unspecified atom stereocenters. The van der Waals surface area contributed by atoms with E-state index in [1.165, 1.54) is 33.6 Å². The third-order valence-electron chi connectivity index (χ3n) is 5.32. The lowest BCUT2D eigenvalue weighted by molar-refractivity contribution is -0.401. The van der Waals surface area contributed by atoms with Gasteiger partial charge in [-0.05, 0) is 32.0 Å². The molecule has 0 saturated heterocycles. The lowest BCUT2D eigenvalue weighted by atomic mass is 9.79. The number of hydrogen-bond donors (Lipinski definition) is 0. The molecule has 0 atom stereocenters. The van der Waals surface area contributed by atoms with Crippen molar-refractivity contribution in [2.24, 2.45) is 0 Å². The summed E-state index contributed by atoms with van der Waals surface area (Å²) in [5.41, 5.74) is 7.32. The molecular formula is C22H24N3+. The van der Waals surface area contributed by atoms with Crippen molar-refractivity contribution in [3.8, 4) is 0 Å². The highest BCUT2D eigenvalue weighted by Gasteiger charge is 2.44. The van der Waals surface area contributed by atoms with Crippen LogP contribution >= 0.6 is 0 Å². The Labute approximate surface area is 149 Å². The van der Waals surface area contributed by atoms with Crippen molar-refractivity contribution in [3.63, 3.8) is 0 Å². The fourth-order valence-corrected chi connectivity index (χ4v) is 4.03. The second-order valence-electron chi connectivity index (χ2n) is 7.55. The van der Waals surface area contributed by atoms with E-state index >= 15 is 0 Å². The van der Waals surface area contributed by atoms with Crippen molar-refractivity contribution in [2.45, 2.75) is 19.3 Å². The predicted molar refractivity (Wildman–Crippen MR) is 105 cm³/mol. The fourth-order valence-electron chi connectivity index (χ4n) is 4.03. The Morgan fingerprint density at radius 3 is 2.48 bits per heavy atom. The Kier molecular flexibility index (Phi) is 3.43. The molecule has 0 aliphatic carbocycles. The third-order valence-corrected chi connectivity index (χ3v) is 5.32. The minimum Gasteiger partial charge on any atom is -0.378 e. The first-order valence-electron chi connectivity index (χ1n) is 8.68. The average Bonchev–Trinajstić information content (AvgIpc) is 2.80. The summed E-state index contributed by atoms with van der Waals surface area (Å²) in [4.78, 5) is 6.86. The van der Waals surface area contributed by atoms with Crippen LogP contribution in [0.5, 0.6) is 0 Å². The summed E-state index contributed by atoms with van der Waals surface area (Å²) in [6.45, 7) is 4.59. The molecule has 0 fully saturated rings. The van der Waals surface area contributed by atoms with Crippen molar-refractivity contribution >= 4 is 28.0 Å². The molecule has 0 amide bonds. The van der Waals surface area contributed by atoms with Crippen molar-refractivity contribution in [1.29, 1.82) is 0 Å². The van der Waals surface area contributed by atoms with Gasteiger partial charge in [-0.15, -0.1) is 0 Å². The predicted octanol–water partition coefficient (Wildman–Crippen LogP) is 4.36. The maximum atomic E-state index is 4.76. The van der Waals surface area contributed by atoms with Crippen LogP contribution in [0.4, 0.5) is 11.4 Å². The summed E-state index contributed by atoms with van der Waals surface area (Å²) in [5.74, 6) is 0. The van der Waals surface area contributed by atoms with Crippen LogP contribution in [0, 0.1) is 0 Å². The molecule has 2 heterocycles. The molecule has 1 aliphatic rings. The minimum atomic E-state index is -0.0374. The van der Waals surface area contributed by atoms with Crippen LogP contribution in [0.2, 0.25) is 0 Å². The zero-order valence-corrected chi connectivity index (χ0v) is 15.5. The van der Waals surface area contributed by atoms with E-state index < -0.39 is 0 Å². The number of para-hydroxylation sites is 1. The molecule has 4 rings (SSSR count). The van der Waals surface area contributed by atoms with Gasteiger partial charge in [0.05, 0.1) is 16.5 Å². The number of hydrogen-bond acceptors (Lipinski definition) is 2. The molecule has 0 radical (unpaired) electrons. The highest BCUT2D eigenvalue weighted by molar-refractivity contribution is 6.08. The van der Waals surface area contributed by atoms with Gasteiger partial charge < -0.3 is 4.90 Å². The molecule has 3 nitrogen and oxygen atoms in total. The van der Waals surface area contributed by atoms with E-state index in [9.17, 15) is 0 Å². The zero-order valence-electron chi connectivity index (χ0n) is 15.5. The summed E-state index contributed by atoms with van der Waals surface area (Å²) in [7, 11) is 6.26. The molecule has 25 heavy (non-hydrogen) atoms. The van der Waals surface area contributed by atoms with Crippen LogP contribution in [-0.4, -0.2) is 36.4 Å². The monoisotopic (exact) mass is 330 g/mol. The Balaban J connectivity index is 1.88. The Morgan fingerprint density at radius 1 is 1.00 bits per heavy atom. The van der Waals surface area contributed by atoms with Crippen LogP contribution in [0.1, 0.15) is 25.0 Å². The van der Waals surface area contributed by atoms with Gasteiger partial charge in [0.2, 0.25) is 11.4 Å². The van der Waals surface area contributed by atoms with Gasteiger partial charge in [-0.3, -0.25) is 4.98 Å². The number of rotatable bonds is 2. The number of benzene rings is 2. The van der Waals surface area contributed by atoms with E-state index in [0.717, 1.165) is 5.52 Å². The molecule has 0 saturated carbocycles. The largest absolute Gasteiger partial charge is 0.378 e. The van der Waals surface area contributed by atoms with Crippen LogP contribution < -0.4 is 4.90 Å². The minimum absolute atomic E-state index is 0.0374. The number of anilines is 1. The van der Waals surface area contributed by atoms with Gasteiger partial charge in [-0.25, -0.2) is 0 Å². The molecule has 2 aromatic carbocycles. The number of pyridine rings is 1. The molecule has 0 N–H and O–H groups in total. The third kappa shape index (κ3) is 2.34. The SMILES string of the molecule is CN(C)c1ccc2cc(C3=[N+](C)c4ccccc4C3(C)C)cnc2c1. The number of nitrogens with zero attached hydrogens (tertiary/aromatic N) is 3. The van der Waals surface area contributed by atoms with Crippen molar-refractivity contribution in [3.05, 3.63) is 65.9 Å². The van der Waals surface area contributed by atoms with E-state index in [2.05, 4.69) is 93.0 Å². The smallest absolute Gasteiger partial charge is 0.209 e. The fraction of sp³-hybridized carbons (Fsp3) is 0.273. The molecule has 3 heteroatoms. The summed E-state index contributed by atoms with van der Waals surface area (Å²) >= 11 is 0. The van der Waals surface area contributed by atoms with E-state index in [1.54, 1.807) is 0 Å². The van der Waals surface area contributed by atoms with Gasteiger partial charge in [0.1, 0.15) is 7.05 Å². The Bertz CT molecular complexity index is 1010. The summed E-state index contributed by atoms with van der Waals surface area (Å²) in [6.07, 6.45) is 2.02. The van der Waals surface area contributed by atoms with Crippen LogP contribution in [0.25, 0.3) is 10.9 Å². The normalized spacial score (nSPS) is 15.6. The quantitative estimate of drug-likeness (QED) is 0.651. The van der Waals surface area contributed by atoms with Gasteiger partial charge >= 0.3 is 0 Å². The van der Waals surface area contributed by atoms with E-state index in [-0.39, 0.29) is 5.41 Å². The van der Waals surface area contributed by atoms with Gasteiger partial charge in [0.25, 0.3) is 0 Å². The maximum absolute atomic E-state index is 4.76. The first-order valence-corrected chi connectivity index (χ1v) is 8.68. The van der Waals surface area contributed by atoms with Gasteiger partial charge in [-0.1, -0.05) is 24.3 Å². The van der Waals surface area contributed by atoms with Crippen molar-refractivity contribution < 1.29 is 4.58 Å². The van der Waals surface area contributed by atoms with Gasteiger partial charge in [0, 0.05) is 43.0 Å². The number of aromatic nitrogens is 1. The topological polar surface area (TPSA) is 19.1 Å². The number of fused-ring (bicyclic) bond motifs is 2. The molecule has 126 valence electrons. The summed E-state index contributed by atoms with van der Waals surface area (Å²) in [5, 5.41) is 1.18. The summed E-state index contributed by atoms with van der Waals surface area (Å²) < 4.78 is 2.31. The first kappa shape index (κ1) is 15.8.